The molecule has 134 valence electrons. The van der Waals surface area contributed by atoms with Crippen LogP contribution < -0.4 is 5.32 Å². The van der Waals surface area contributed by atoms with Crippen molar-refractivity contribution in [1.82, 2.24) is 4.90 Å². The van der Waals surface area contributed by atoms with Crippen molar-refractivity contribution in [3.05, 3.63) is 42.4 Å². The minimum absolute atomic E-state index is 0.0960. The summed E-state index contributed by atoms with van der Waals surface area (Å²) in [5.74, 6) is 0.128. The number of nitrogens with one attached hydrogen (secondary N) is 1. The summed E-state index contributed by atoms with van der Waals surface area (Å²) in [6, 6.07) is 7.71. The number of hydrogen-bond donors (Lipinski definition) is 2. The molecule has 0 unspecified atom stereocenters. The van der Waals surface area contributed by atoms with Gasteiger partial charge in [0.25, 0.3) is 0 Å². The van der Waals surface area contributed by atoms with Crippen LogP contribution in [0.15, 0.2) is 41.0 Å². The van der Waals surface area contributed by atoms with Crippen LogP contribution in [0.25, 0.3) is 11.3 Å². The molecule has 2 N–H and O–H groups in total. The number of nitrogens with zero attached hydrogens (tertiary/aromatic N) is 1. The molecular formula is C19H23FN2O3. The highest BCUT2D eigenvalue weighted by Gasteiger charge is 2.34. The Bertz CT molecular complexity index is 716. The van der Waals surface area contributed by atoms with Crippen molar-refractivity contribution >= 4 is 11.7 Å². The lowest BCUT2D eigenvalue weighted by atomic mass is 9.77. The summed E-state index contributed by atoms with van der Waals surface area (Å²) in [4.78, 5) is 14.1. The van der Waals surface area contributed by atoms with E-state index in [1.54, 1.807) is 35.4 Å². The SMILES string of the molecule is CCC1(CO)CCN(C(=O)Nc2cc(-c3ccco3)ccc2F)CC1. The van der Waals surface area contributed by atoms with E-state index in [1.807, 2.05) is 0 Å². The van der Waals surface area contributed by atoms with E-state index in [0.29, 0.717) is 24.4 Å². The van der Waals surface area contributed by atoms with Gasteiger partial charge in [-0.15, -0.1) is 0 Å². The predicted octanol–water partition coefficient (Wildman–Crippen LogP) is 4.10. The molecule has 1 aromatic carbocycles. The van der Waals surface area contributed by atoms with Gasteiger partial charge in [0.05, 0.1) is 12.0 Å². The maximum atomic E-state index is 14.1. The van der Waals surface area contributed by atoms with Crippen LogP contribution in [0.4, 0.5) is 14.9 Å². The van der Waals surface area contributed by atoms with Crippen molar-refractivity contribution in [2.45, 2.75) is 26.2 Å². The number of aliphatic hydroxyl groups is 1. The first-order chi connectivity index (χ1) is 12.1. The quantitative estimate of drug-likeness (QED) is 0.876. The van der Waals surface area contributed by atoms with E-state index in [4.69, 9.17) is 4.42 Å². The van der Waals surface area contributed by atoms with E-state index in [2.05, 4.69) is 12.2 Å². The van der Waals surface area contributed by atoms with Crippen LogP contribution in [0.2, 0.25) is 0 Å². The van der Waals surface area contributed by atoms with Crippen LogP contribution >= 0.6 is 0 Å². The predicted molar refractivity (Wildman–Crippen MR) is 93.7 cm³/mol. The fraction of sp³-hybridized carbons (Fsp3) is 0.421. The highest BCUT2D eigenvalue weighted by atomic mass is 19.1. The average molecular weight is 346 g/mol. The van der Waals surface area contributed by atoms with Gasteiger partial charge in [-0.3, -0.25) is 0 Å². The highest BCUT2D eigenvalue weighted by molar-refractivity contribution is 5.90. The molecule has 0 aliphatic carbocycles. The first-order valence-electron chi connectivity index (χ1n) is 8.57. The van der Waals surface area contributed by atoms with Gasteiger partial charge in [0, 0.05) is 25.3 Å². The molecule has 2 aromatic rings. The van der Waals surface area contributed by atoms with E-state index < -0.39 is 5.82 Å². The van der Waals surface area contributed by atoms with Crippen molar-refractivity contribution in [2.24, 2.45) is 5.41 Å². The van der Waals surface area contributed by atoms with Gasteiger partial charge in [-0.1, -0.05) is 6.92 Å². The number of hydrogen-bond acceptors (Lipinski definition) is 3. The molecule has 3 rings (SSSR count). The number of aliphatic hydroxyl groups excluding tert-OH is 1. The number of carbonyl (C=O) groups excluding carboxylic acids is 1. The molecule has 0 radical (unpaired) electrons. The molecular weight excluding hydrogens is 323 g/mol. The van der Waals surface area contributed by atoms with Crippen LogP contribution in [0, 0.1) is 11.2 Å². The summed E-state index contributed by atoms with van der Waals surface area (Å²) >= 11 is 0. The van der Waals surface area contributed by atoms with Crippen molar-refractivity contribution in [2.75, 3.05) is 25.0 Å². The molecule has 6 heteroatoms. The third kappa shape index (κ3) is 3.69. The molecule has 5 nitrogen and oxygen atoms in total. The van der Waals surface area contributed by atoms with Gasteiger partial charge in [0.2, 0.25) is 0 Å². The lowest BCUT2D eigenvalue weighted by molar-refractivity contribution is 0.0542. The molecule has 1 saturated heterocycles. The Balaban J connectivity index is 1.68. The molecule has 0 bridgehead atoms. The van der Waals surface area contributed by atoms with E-state index in [9.17, 15) is 14.3 Å². The second kappa shape index (κ2) is 7.27. The van der Waals surface area contributed by atoms with E-state index >= 15 is 0 Å². The summed E-state index contributed by atoms with van der Waals surface area (Å²) in [6.45, 7) is 3.31. The van der Waals surface area contributed by atoms with Crippen molar-refractivity contribution in [3.8, 4) is 11.3 Å². The van der Waals surface area contributed by atoms with Crippen molar-refractivity contribution in [3.63, 3.8) is 0 Å². The first-order valence-corrected chi connectivity index (χ1v) is 8.57. The smallest absolute Gasteiger partial charge is 0.321 e. The fourth-order valence-corrected chi connectivity index (χ4v) is 3.22. The molecule has 0 saturated carbocycles. The second-order valence-electron chi connectivity index (χ2n) is 6.60. The molecule has 1 aliphatic heterocycles. The monoisotopic (exact) mass is 346 g/mol. The number of urea groups is 1. The number of benzene rings is 1. The maximum absolute atomic E-state index is 14.1. The van der Waals surface area contributed by atoms with Gasteiger partial charge < -0.3 is 19.7 Å². The lowest BCUT2D eigenvalue weighted by Gasteiger charge is -2.40. The Kier molecular flexibility index (Phi) is 5.08. The standard InChI is InChI=1S/C19H23FN2O3/c1-2-19(13-23)7-9-22(10-8-19)18(24)21-16-12-14(5-6-15(16)20)17-4-3-11-25-17/h3-6,11-12,23H,2,7-10,13H2,1H3,(H,21,24). The van der Waals surface area contributed by atoms with Crippen LogP contribution in [0.3, 0.4) is 0 Å². The zero-order chi connectivity index (χ0) is 17.9. The summed E-state index contributed by atoms with van der Waals surface area (Å²) in [6.07, 6.45) is 3.94. The van der Waals surface area contributed by atoms with Crippen LogP contribution in [0.1, 0.15) is 26.2 Å². The van der Waals surface area contributed by atoms with Crippen LogP contribution in [-0.4, -0.2) is 35.7 Å². The number of halogens is 1. The number of amides is 2. The molecule has 1 fully saturated rings. The molecule has 0 spiro atoms. The number of carbonyl (C=O) groups is 1. The van der Waals surface area contributed by atoms with Gasteiger partial charge in [0.1, 0.15) is 11.6 Å². The average Bonchev–Trinajstić information content (AvgIpc) is 3.18. The van der Waals surface area contributed by atoms with Gasteiger partial charge in [-0.25, -0.2) is 9.18 Å². The van der Waals surface area contributed by atoms with Gasteiger partial charge in [-0.2, -0.15) is 0 Å². The molecule has 1 aliphatic rings. The number of piperidine rings is 1. The van der Waals surface area contributed by atoms with Crippen molar-refractivity contribution in [1.29, 1.82) is 0 Å². The third-order valence-electron chi connectivity index (χ3n) is 5.21. The normalized spacial score (nSPS) is 16.7. The Morgan fingerprint density at radius 2 is 2.12 bits per heavy atom. The molecule has 1 aromatic heterocycles. The Hall–Kier alpha value is -2.34. The Morgan fingerprint density at radius 3 is 2.72 bits per heavy atom. The van der Waals surface area contributed by atoms with Crippen LogP contribution in [0.5, 0.6) is 0 Å². The molecule has 25 heavy (non-hydrogen) atoms. The van der Waals surface area contributed by atoms with Gasteiger partial charge >= 0.3 is 6.03 Å². The summed E-state index contributed by atoms with van der Waals surface area (Å²) < 4.78 is 19.4. The largest absolute Gasteiger partial charge is 0.464 e. The number of anilines is 1. The summed E-state index contributed by atoms with van der Waals surface area (Å²) in [5.41, 5.74) is 0.736. The molecule has 0 atom stereocenters. The van der Waals surface area contributed by atoms with E-state index in [1.165, 1.54) is 6.07 Å². The van der Waals surface area contributed by atoms with Gasteiger partial charge in [0.15, 0.2) is 0 Å². The van der Waals surface area contributed by atoms with E-state index in [0.717, 1.165) is 19.3 Å². The van der Waals surface area contributed by atoms with Gasteiger partial charge in [-0.05, 0) is 55.0 Å². The number of likely N-dealkylation sites (tertiary alicyclic amines) is 1. The minimum atomic E-state index is -0.487. The maximum Gasteiger partial charge on any atom is 0.321 e. The molecule has 2 amide bonds. The molecule has 2 heterocycles. The number of rotatable bonds is 4. The summed E-state index contributed by atoms with van der Waals surface area (Å²) in [7, 11) is 0. The Labute approximate surface area is 146 Å². The van der Waals surface area contributed by atoms with Crippen molar-refractivity contribution < 1.29 is 18.7 Å². The number of furan rings is 1. The Morgan fingerprint density at radius 1 is 1.36 bits per heavy atom. The second-order valence-corrected chi connectivity index (χ2v) is 6.60. The minimum Gasteiger partial charge on any atom is -0.464 e. The summed E-state index contributed by atoms with van der Waals surface area (Å²) in [5, 5.41) is 12.2. The fourth-order valence-electron chi connectivity index (χ4n) is 3.22. The van der Waals surface area contributed by atoms with E-state index in [-0.39, 0.29) is 23.7 Å². The lowest BCUT2D eigenvalue weighted by Crippen LogP contribution is -2.46. The zero-order valence-corrected chi connectivity index (χ0v) is 14.3. The van der Waals surface area contributed by atoms with Crippen LogP contribution in [-0.2, 0) is 0 Å². The highest BCUT2D eigenvalue weighted by Crippen LogP contribution is 2.34. The zero-order valence-electron chi connectivity index (χ0n) is 14.3. The topological polar surface area (TPSA) is 65.7 Å². The first kappa shape index (κ1) is 17.5. The third-order valence-corrected chi connectivity index (χ3v) is 5.21.